The summed E-state index contributed by atoms with van der Waals surface area (Å²) in [5.74, 6) is 1.67. The molecule has 1 fully saturated rings. The van der Waals surface area contributed by atoms with Crippen LogP contribution in [0.15, 0.2) is 84.2 Å². The molecule has 1 aromatic heterocycles. The van der Waals surface area contributed by atoms with Gasteiger partial charge in [0, 0.05) is 43.2 Å². The van der Waals surface area contributed by atoms with Gasteiger partial charge in [-0.3, -0.25) is 14.7 Å². The van der Waals surface area contributed by atoms with Crippen LogP contribution in [0.2, 0.25) is 0 Å². The molecule has 0 amide bonds. The van der Waals surface area contributed by atoms with Gasteiger partial charge in [-0.15, -0.1) is 0 Å². The van der Waals surface area contributed by atoms with Crippen LogP contribution in [0.4, 0.5) is 0 Å². The van der Waals surface area contributed by atoms with Gasteiger partial charge in [-0.05, 0) is 65.2 Å². The number of ketones is 1. The minimum atomic E-state index is 0.0858. The van der Waals surface area contributed by atoms with Gasteiger partial charge in [-0.1, -0.05) is 24.3 Å². The lowest BCUT2D eigenvalue weighted by atomic mass is 9.94. The summed E-state index contributed by atoms with van der Waals surface area (Å²) in [6, 6.07) is 19.5. The monoisotopic (exact) mass is 426 g/mol. The van der Waals surface area contributed by atoms with E-state index in [1.807, 2.05) is 72.8 Å². The highest BCUT2D eigenvalue weighted by Gasteiger charge is 2.26. The first-order chi connectivity index (χ1) is 15.6. The Labute approximate surface area is 188 Å². The summed E-state index contributed by atoms with van der Waals surface area (Å²) < 4.78 is 10.5. The fourth-order valence-electron chi connectivity index (χ4n) is 3.77. The number of carbonyl (C=O) groups is 1. The van der Waals surface area contributed by atoms with E-state index in [1.165, 1.54) is 5.56 Å². The number of rotatable bonds is 6. The Bertz CT molecular complexity index is 1050. The Hall–Kier alpha value is -3.70. The van der Waals surface area contributed by atoms with Gasteiger partial charge >= 0.3 is 0 Å². The fraction of sp³-hybridized carbons (Fsp3) is 0.185. The van der Waals surface area contributed by atoms with Crippen LogP contribution in [0, 0.1) is 0 Å². The molecule has 32 heavy (non-hydrogen) atoms. The fourth-order valence-corrected chi connectivity index (χ4v) is 3.77. The van der Waals surface area contributed by atoms with Crippen molar-refractivity contribution in [2.75, 3.05) is 27.3 Å². The minimum absolute atomic E-state index is 0.0858. The smallest absolute Gasteiger partial charge is 0.187 e. The van der Waals surface area contributed by atoms with Crippen molar-refractivity contribution in [1.29, 1.82) is 0 Å². The zero-order valence-electron chi connectivity index (χ0n) is 18.3. The molecule has 0 atom stereocenters. The number of carbonyl (C=O) groups excluding carboxylic acids is 1. The van der Waals surface area contributed by atoms with E-state index >= 15 is 0 Å². The number of methoxy groups -OCH3 is 2. The summed E-state index contributed by atoms with van der Waals surface area (Å²) >= 11 is 0. The van der Waals surface area contributed by atoms with Crippen molar-refractivity contribution < 1.29 is 14.3 Å². The van der Waals surface area contributed by atoms with E-state index in [0.29, 0.717) is 13.1 Å². The average molecular weight is 427 g/mol. The zero-order chi connectivity index (χ0) is 22.3. The van der Waals surface area contributed by atoms with Crippen LogP contribution in [0.1, 0.15) is 16.7 Å². The molecule has 0 N–H and O–H groups in total. The lowest BCUT2D eigenvalue weighted by molar-refractivity contribution is -0.113. The van der Waals surface area contributed by atoms with Gasteiger partial charge in [0.15, 0.2) is 5.78 Å². The maximum absolute atomic E-state index is 13.4. The van der Waals surface area contributed by atoms with Crippen LogP contribution in [0.3, 0.4) is 0 Å². The molecule has 0 radical (unpaired) electrons. The quantitative estimate of drug-likeness (QED) is 0.537. The molecule has 0 unspecified atom stereocenters. The summed E-state index contributed by atoms with van der Waals surface area (Å²) in [6.45, 7) is 1.93. The molecule has 0 spiro atoms. The molecule has 1 aliphatic rings. The third-order valence-electron chi connectivity index (χ3n) is 5.44. The summed E-state index contributed by atoms with van der Waals surface area (Å²) in [4.78, 5) is 19.7. The number of likely N-dealkylation sites (tertiary alicyclic amines) is 1. The van der Waals surface area contributed by atoms with Crippen LogP contribution in [-0.4, -0.2) is 43.0 Å². The topological polar surface area (TPSA) is 51.7 Å². The molecule has 0 saturated carbocycles. The molecule has 5 nitrogen and oxygen atoms in total. The van der Waals surface area contributed by atoms with Gasteiger partial charge in [0.25, 0.3) is 0 Å². The van der Waals surface area contributed by atoms with E-state index in [4.69, 9.17) is 9.47 Å². The Balaban J connectivity index is 1.65. The Kier molecular flexibility index (Phi) is 6.78. The van der Waals surface area contributed by atoms with Crippen molar-refractivity contribution >= 4 is 17.9 Å². The predicted molar refractivity (Wildman–Crippen MR) is 126 cm³/mol. The number of pyridine rings is 1. The van der Waals surface area contributed by atoms with Gasteiger partial charge in [0.1, 0.15) is 11.5 Å². The van der Waals surface area contributed by atoms with Gasteiger partial charge in [-0.25, -0.2) is 0 Å². The standard InChI is InChI=1S/C27H26N2O3/c1-31-25-7-3-20(4-8-25)15-23-18-29(17-22-11-13-28-14-12-22)19-24(27(23)30)16-21-5-9-26(32-2)10-6-21/h3-16H,17-19H2,1-2H3/b23-15-,24-16-. The first kappa shape index (κ1) is 21.5. The lowest BCUT2D eigenvalue weighted by Gasteiger charge is -2.30. The number of hydrogen-bond acceptors (Lipinski definition) is 5. The molecule has 0 bridgehead atoms. The molecule has 1 aliphatic heterocycles. The van der Waals surface area contributed by atoms with E-state index in [-0.39, 0.29) is 5.78 Å². The first-order valence-electron chi connectivity index (χ1n) is 10.5. The third kappa shape index (κ3) is 5.31. The highest BCUT2D eigenvalue weighted by molar-refractivity contribution is 6.14. The maximum Gasteiger partial charge on any atom is 0.187 e. The summed E-state index contributed by atoms with van der Waals surface area (Å²) in [5, 5.41) is 0. The maximum atomic E-state index is 13.4. The largest absolute Gasteiger partial charge is 0.497 e. The molecule has 162 valence electrons. The molecule has 4 rings (SSSR count). The summed E-state index contributed by atoms with van der Waals surface area (Å²) in [7, 11) is 3.29. The van der Waals surface area contributed by atoms with Crippen molar-refractivity contribution in [2.45, 2.75) is 6.54 Å². The van der Waals surface area contributed by atoms with Crippen LogP contribution in [0.25, 0.3) is 12.2 Å². The minimum Gasteiger partial charge on any atom is -0.497 e. The molecule has 1 saturated heterocycles. The SMILES string of the molecule is COc1ccc(/C=C2/CN(Cc3ccncc3)C/C(=C/c3ccc(OC)cc3)C2=O)cc1. The number of piperidine rings is 1. The molecular formula is C27H26N2O3. The Morgan fingerprint density at radius 2 is 1.25 bits per heavy atom. The summed E-state index contributed by atoms with van der Waals surface area (Å²) in [5.41, 5.74) is 4.67. The van der Waals surface area contributed by atoms with Crippen LogP contribution in [0.5, 0.6) is 11.5 Å². The first-order valence-corrected chi connectivity index (χ1v) is 10.5. The molecule has 2 heterocycles. The number of Topliss-reactive ketones (excluding diaryl/α,β-unsaturated/α-hetero) is 1. The second-order valence-corrected chi connectivity index (χ2v) is 7.72. The second kappa shape index (κ2) is 10.1. The predicted octanol–water partition coefficient (Wildman–Crippen LogP) is 4.65. The Morgan fingerprint density at radius 3 is 1.69 bits per heavy atom. The number of benzene rings is 2. The average Bonchev–Trinajstić information content (AvgIpc) is 2.83. The third-order valence-corrected chi connectivity index (χ3v) is 5.44. The van der Waals surface area contributed by atoms with E-state index in [9.17, 15) is 4.79 Å². The number of nitrogens with zero attached hydrogens (tertiary/aromatic N) is 2. The van der Waals surface area contributed by atoms with Gasteiger partial charge in [-0.2, -0.15) is 0 Å². The zero-order valence-corrected chi connectivity index (χ0v) is 18.3. The summed E-state index contributed by atoms with van der Waals surface area (Å²) in [6.07, 6.45) is 7.55. The van der Waals surface area contributed by atoms with Crippen molar-refractivity contribution in [3.63, 3.8) is 0 Å². The Morgan fingerprint density at radius 1 is 0.781 bits per heavy atom. The van der Waals surface area contributed by atoms with Gasteiger partial charge in [0.2, 0.25) is 0 Å². The lowest BCUT2D eigenvalue weighted by Crippen LogP contribution is -2.37. The number of aromatic nitrogens is 1. The highest BCUT2D eigenvalue weighted by Crippen LogP contribution is 2.25. The van der Waals surface area contributed by atoms with Gasteiger partial charge < -0.3 is 9.47 Å². The van der Waals surface area contributed by atoms with Crippen molar-refractivity contribution in [2.24, 2.45) is 0 Å². The van der Waals surface area contributed by atoms with E-state index in [2.05, 4.69) is 9.88 Å². The van der Waals surface area contributed by atoms with E-state index in [0.717, 1.165) is 40.3 Å². The van der Waals surface area contributed by atoms with Crippen molar-refractivity contribution in [1.82, 2.24) is 9.88 Å². The normalized spacial score (nSPS) is 17.0. The van der Waals surface area contributed by atoms with Crippen LogP contribution < -0.4 is 9.47 Å². The molecule has 2 aromatic carbocycles. The van der Waals surface area contributed by atoms with Crippen LogP contribution in [-0.2, 0) is 11.3 Å². The van der Waals surface area contributed by atoms with Gasteiger partial charge in [0.05, 0.1) is 14.2 Å². The molecule has 0 aliphatic carbocycles. The second-order valence-electron chi connectivity index (χ2n) is 7.72. The van der Waals surface area contributed by atoms with Crippen molar-refractivity contribution in [3.05, 3.63) is 101 Å². The molecule has 3 aromatic rings. The van der Waals surface area contributed by atoms with Crippen LogP contribution >= 0.6 is 0 Å². The molecule has 5 heteroatoms. The van der Waals surface area contributed by atoms with E-state index in [1.54, 1.807) is 26.6 Å². The number of hydrogen-bond donors (Lipinski definition) is 0. The highest BCUT2D eigenvalue weighted by atomic mass is 16.5. The van der Waals surface area contributed by atoms with Crippen molar-refractivity contribution in [3.8, 4) is 11.5 Å². The van der Waals surface area contributed by atoms with E-state index < -0.39 is 0 Å². The number of ether oxygens (including phenoxy) is 2. The molecular weight excluding hydrogens is 400 g/mol.